The Hall–Kier alpha value is -0.320. The molecule has 4 unspecified atom stereocenters. The number of rotatable bonds is 51. The van der Waals surface area contributed by atoms with Crippen molar-refractivity contribution in [1.29, 1.82) is 0 Å². The number of hydrogen-bond acceptors (Lipinski definition) is 8. The van der Waals surface area contributed by atoms with Crippen LogP contribution in [0.2, 0.25) is 0 Å². The molecule has 0 spiro atoms. The van der Waals surface area contributed by atoms with Crippen molar-refractivity contribution in [2.45, 2.75) is 297 Å². The highest BCUT2D eigenvalue weighted by atomic mass is 16.3. The van der Waals surface area contributed by atoms with E-state index in [0.717, 1.165) is 104 Å². The molecule has 0 saturated carbocycles. The van der Waals surface area contributed by atoms with Crippen molar-refractivity contribution in [3.05, 3.63) is 0 Å². The normalized spacial score (nSPS) is 16.1. The molecule has 8 heteroatoms. The minimum atomic E-state index is -0.341. The fourth-order valence-electron chi connectivity index (χ4n) is 10.8. The monoisotopic (exact) mass is 951 g/mol. The summed E-state index contributed by atoms with van der Waals surface area (Å²) in [5.41, 5.74) is 0.0335. The van der Waals surface area contributed by atoms with Crippen molar-refractivity contribution < 1.29 is 20.4 Å². The quantitative estimate of drug-likeness (QED) is 0.0448. The van der Waals surface area contributed by atoms with Crippen LogP contribution in [-0.4, -0.2) is 143 Å². The van der Waals surface area contributed by atoms with E-state index in [1.807, 2.05) is 0 Å². The molecule has 67 heavy (non-hydrogen) atoms. The highest BCUT2D eigenvalue weighted by Crippen LogP contribution is 2.23. The van der Waals surface area contributed by atoms with Crippen molar-refractivity contribution in [2.75, 3.05) is 78.5 Å². The van der Waals surface area contributed by atoms with Gasteiger partial charge >= 0.3 is 0 Å². The molecular formula is C59H122N4O4. The highest BCUT2D eigenvalue weighted by Gasteiger charge is 2.29. The zero-order valence-electron chi connectivity index (χ0n) is 46.3. The van der Waals surface area contributed by atoms with E-state index in [0.29, 0.717) is 26.2 Å². The standard InChI is InChI=1S/C59H122N4O4/c1-7-11-15-19-23-27-31-35-39-55(64)49-62(50-56(65)40-36-32-28-24-20-16-12-8-2)48-45-60-43-46-61(47-44-60)53-59(5,6)54-63(51-57(66)41-37-33-29-25-21-17-13-9-3)52-58(67)42-38-34-30-26-22-18-14-10-4/h55-58,64-67H,7-54H2,1-6H3. The molecule has 0 aromatic carbocycles. The minimum absolute atomic E-state index is 0.0335. The average molecular weight is 952 g/mol. The molecule has 1 heterocycles. The van der Waals surface area contributed by atoms with Gasteiger partial charge in [-0.1, -0.05) is 247 Å². The van der Waals surface area contributed by atoms with E-state index in [2.05, 4.69) is 61.1 Å². The van der Waals surface area contributed by atoms with E-state index < -0.39 is 0 Å². The third-order valence-corrected chi connectivity index (χ3v) is 14.9. The Balaban J connectivity index is 2.71. The fraction of sp³-hybridized carbons (Fsp3) is 1.00. The van der Waals surface area contributed by atoms with E-state index in [1.54, 1.807) is 0 Å². The van der Waals surface area contributed by atoms with Crippen LogP contribution >= 0.6 is 0 Å². The Bertz CT molecular complexity index is 956. The van der Waals surface area contributed by atoms with Crippen LogP contribution < -0.4 is 0 Å². The molecule has 0 aliphatic carbocycles. The molecule has 0 aromatic rings. The molecule has 402 valence electrons. The number of aliphatic hydroxyl groups excluding tert-OH is 4. The number of unbranched alkanes of at least 4 members (excludes halogenated alkanes) is 28. The van der Waals surface area contributed by atoms with Gasteiger partial charge in [0.25, 0.3) is 0 Å². The maximum atomic E-state index is 11.3. The predicted octanol–water partition coefficient (Wildman–Crippen LogP) is 13.8. The minimum Gasteiger partial charge on any atom is -0.392 e. The van der Waals surface area contributed by atoms with Gasteiger partial charge in [-0.3, -0.25) is 14.7 Å². The van der Waals surface area contributed by atoms with Crippen molar-refractivity contribution in [3.8, 4) is 0 Å². The predicted molar refractivity (Wildman–Crippen MR) is 292 cm³/mol. The lowest BCUT2D eigenvalue weighted by molar-refractivity contribution is 0.0247. The molecule has 1 aliphatic heterocycles. The van der Waals surface area contributed by atoms with Crippen LogP contribution in [0.25, 0.3) is 0 Å². The summed E-state index contributed by atoms with van der Waals surface area (Å²) in [6, 6.07) is 0. The van der Waals surface area contributed by atoms with Crippen molar-refractivity contribution in [3.63, 3.8) is 0 Å². The Morgan fingerprint density at radius 3 is 0.910 bits per heavy atom. The summed E-state index contributed by atoms with van der Waals surface area (Å²) in [6.07, 6.45) is 43.1. The lowest BCUT2D eigenvalue weighted by atomic mass is 9.91. The number of piperazine rings is 1. The zero-order chi connectivity index (χ0) is 49.1. The summed E-state index contributed by atoms with van der Waals surface area (Å²) in [7, 11) is 0. The van der Waals surface area contributed by atoms with Crippen LogP contribution in [0.15, 0.2) is 0 Å². The molecular weight excluding hydrogens is 829 g/mol. The van der Waals surface area contributed by atoms with E-state index in [9.17, 15) is 20.4 Å². The molecule has 4 atom stereocenters. The lowest BCUT2D eigenvalue weighted by Crippen LogP contribution is -2.53. The zero-order valence-corrected chi connectivity index (χ0v) is 46.3. The molecule has 1 saturated heterocycles. The molecule has 0 amide bonds. The second kappa shape index (κ2) is 45.5. The van der Waals surface area contributed by atoms with Crippen LogP contribution in [0, 0.1) is 5.41 Å². The summed E-state index contributed by atoms with van der Waals surface area (Å²) >= 11 is 0. The Kier molecular flexibility index (Phi) is 44.0. The molecule has 1 fully saturated rings. The van der Waals surface area contributed by atoms with Gasteiger partial charge < -0.3 is 25.3 Å². The smallest absolute Gasteiger partial charge is 0.0667 e. The van der Waals surface area contributed by atoms with Gasteiger partial charge in [-0.2, -0.15) is 0 Å². The first kappa shape index (κ1) is 64.7. The molecule has 1 aliphatic rings. The van der Waals surface area contributed by atoms with Crippen LogP contribution in [0.3, 0.4) is 0 Å². The molecule has 1 rings (SSSR count). The molecule has 0 radical (unpaired) electrons. The topological polar surface area (TPSA) is 93.9 Å². The summed E-state index contributed by atoms with van der Waals surface area (Å²) in [4.78, 5) is 10.0. The summed E-state index contributed by atoms with van der Waals surface area (Å²) in [5, 5.41) is 44.9. The van der Waals surface area contributed by atoms with Crippen LogP contribution in [-0.2, 0) is 0 Å². The molecule has 0 bridgehead atoms. The first-order valence-corrected chi connectivity index (χ1v) is 30.1. The largest absolute Gasteiger partial charge is 0.392 e. The van der Waals surface area contributed by atoms with Crippen LogP contribution in [0.5, 0.6) is 0 Å². The summed E-state index contributed by atoms with van der Waals surface area (Å²) < 4.78 is 0. The van der Waals surface area contributed by atoms with Crippen molar-refractivity contribution >= 4 is 0 Å². The van der Waals surface area contributed by atoms with Gasteiger partial charge in [0.15, 0.2) is 0 Å². The Morgan fingerprint density at radius 1 is 0.358 bits per heavy atom. The van der Waals surface area contributed by atoms with E-state index in [1.165, 1.54) is 180 Å². The first-order chi connectivity index (χ1) is 32.5. The van der Waals surface area contributed by atoms with E-state index in [-0.39, 0.29) is 29.8 Å². The van der Waals surface area contributed by atoms with Gasteiger partial charge in [0.2, 0.25) is 0 Å². The molecule has 0 aromatic heterocycles. The Labute approximate surface area is 419 Å². The SMILES string of the molecule is CCCCCCCCCCC(O)CN(CCN1CCN(CC(C)(C)CN(CC(O)CCCCCCCCCC)CC(O)CCCCCCCCCC)CC1)CC(O)CCCCCCCCCC. The van der Waals surface area contributed by atoms with Gasteiger partial charge in [0.05, 0.1) is 24.4 Å². The third-order valence-electron chi connectivity index (χ3n) is 14.9. The Morgan fingerprint density at radius 2 is 0.612 bits per heavy atom. The highest BCUT2D eigenvalue weighted by molar-refractivity contribution is 4.84. The maximum Gasteiger partial charge on any atom is 0.0667 e. The van der Waals surface area contributed by atoms with E-state index in [4.69, 9.17) is 0 Å². The van der Waals surface area contributed by atoms with Gasteiger partial charge in [0.1, 0.15) is 0 Å². The third kappa shape index (κ3) is 40.9. The average Bonchev–Trinajstić information content (AvgIpc) is 3.29. The summed E-state index contributed by atoms with van der Waals surface area (Å²) in [6.45, 7) is 24.5. The van der Waals surface area contributed by atoms with Crippen molar-refractivity contribution in [2.24, 2.45) is 5.41 Å². The molecule has 4 N–H and O–H groups in total. The lowest BCUT2D eigenvalue weighted by Gasteiger charge is -2.41. The summed E-state index contributed by atoms with van der Waals surface area (Å²) in [5.74, 6) is 0. The second-order valence-electron chi connectivity index (χ2n) is 22.9. The number of nitrogens with zero attached hydrogens (tertiary/aromatic N) is 4. The van der Waals surface area contributed by atoms with Gasteiger partial charge in [-0.25, -0.2) is 0 Å². The number of aliphatic hydroxyl groups is 4. The van der Waals surface area contributed by atoms with Gasteiger partial charge in [-0.05, 0) is 31.1 Å². The fourth-order valence-corrected chi connectivity index (χ4v) is 10.8. The van der Waals surface area contributed by atoms with Gasteiger partial charge in [0, 0.05) is 78.5 Å². The maximum absolute atomic E-state index is 11.3. The number of hydrogen-bond donors (Lipinski definition) is 4. The van der Waals surface area contributed by atoms with Crippen molar-refractivity contribution in [1.82, 2.24) is 19.6 Å². The first-order valence-electron chi connectivity index (χ1n) is 30.1. The van der Waals surface area contributed by atoms with E-state index >= 15 is 0 Å². The van der Waals surface area contributed by atoms with Crippen LogP contribution in [0.4, 0.5) is 0 Å². The molecule has 8 nitrogen and oxygen atoms in total. The van der Waals surface area contributed by atoms with Gasteiger partial charge in [-0.15, -0.1) is 0 Å². The van der Waals surface area contributed by atoms with Crippen LogP contribution in [0.1, 0.15) is 273 Å². The second-order valence-corrected chi connectivity index (χ2v) is 22.9.